The van der Waals surface area contributed by atoms with Gasteiger partial charge in [-0.2, -0.15) is 0 Å². The maximum atomic E-state index is 12.5. The average molecular weight is 355 g/mol. The topological polar surface area (TPSA) is 157 Å². The molecule has 0 unspecified atom stereocenters. The van der Waals surface area contributed by atoms with Gasteiger partial charge in [0.2, 0.25) is 5.91 Å². The second kappa shape index (κ2) is 7.46. The van der Waals surface area contributed by atoms with Gasteiger partial charge in [0, 0.05) is 18.9 Å². The maximum absolute atomic E-state index is 12.5. The molecule has 6 N–H and O–H groups in total. The van der Waals surface area contributed by atoms with Gasteiger partial charge in [-0.05, 0) is 24.3 Å². The van der Waals surface area contributed by atoms with Crippen LogP contribution in [0.4, 0.5) is 0 Å². The van der Waals surface area contributed by atoms with Gasteiger partial charge in [0.15, 0.2) is 12.1 Å². The van der Waals surface area contributed by atoms with Gasteiger partial charge >= 0.3 is 0 Å². The molecule has 9 nitrogen and oxygen atoms in total. The Kier molecular flexibility index (Phi) is 5.76. The Morgan fingerprint density at radius 3 is 2.32 bits per heavy atom. The van der Waals surface area contributed by atoms with Gasteiger partial charge in [-0.15, -0.1) is 0 Å². The molecule has 1 heterocycles. The first-order chi connectivity index (χ1) is 11.7. The fourth-order valence-corrected chi connectivity index (χ4v) is 2.89. The van der Waals surface area contributed by atoms with Gasteiger partial charge in [0.25, 0.3) is 0 Å². The quantitative estimate of drug-likeness (QED) is 0.340. The van der Waals surface area contributed by atoms with Crippen LogP contribution in [0.3, 0.4) is 0 Å². The largest absolute Gasteiger partial charge is 0.508 e. The van der Waals surface area contributed by atoms with E-state index in [1.807, 2.05) is 0 Å². The summed E-state index contributed by atoms with van der Waals surface area (Å²) in [4.78, 5) is 24.1. The Morgan fingerprint density at radius 2 is 1.80 bits per heavy atom. The lowest BCUT2D eigenvalue weighted by Crippen LogP contribution is -2.73. The number of aliphatic hydroxyl groups is 4. The number of ketones is 1. The summed E-state index contributed by atoms with van der Waals surface area (Å²) in [6.45, 7) is 0.452. The molecule has 1 saturated heterocycles. The number of carbonyl (C=O) groups excluding carboxylic acids is 2. The number of Topliss-reactive ketones (excluding diaryl/α,β-unsaturated/α-hetero) is 1. The lowest BCUT2D eigenvalue weighted by molar-refractivity contribution is -0.282. The number of hydrogen-bond donors (Lipinski definition) is 6. The molecule has 0 aromatic heterocycles. The number of aromatic hydroxyl groups is 1. The lowest BCUT2D eigenvalue weighted by Gasteiger charge is -2.49. The van der Waals surface area contributed by atoms with E-state index >= 15 is 0 Å². The van der Waals surface area contributed by atoms with E-state index in [1.54, 1.807) is 0 Å². The molecule has 9 heteroatoms. The molecule has 0 aliphatic carbocycles. The number of carbonyl (C=O) groups is 2. The summed E-state index contributed by atoms with van der Waals surface area (Å²) in [5.41, 5.74) is -1.83. The van der Waals surface area contributed by atoms with Crippen molar-refractivity contribution >= 4 is 11.7 Å². The van der Waals surface area contributed by atoms with Crippen molar-refractivity contribution in [2.45, 2.75) is 43.5 Å². The molecule has 0 bridgehead atoms. The first-order valence-corrected chi connectivity index (χ1v) is 7.62. The highest BCUT2D eigenvalue weighted by molar-refractivity contribution is 5.97. The Morgan fingerprint density at radius 1 is 1.20 bits per heavy atom. The van der Waals surface area contributed by atoms with Gasteiger partial charge in [-0.1, -0.05) is 0 Å². The van der Waals surface area contributed by atoms with Crippen molar-refractivity contribution < 1.29 is 39.9 Å². The van der Waals surface area contributed by atoms with Crippen molar-refractivity contribution in [1.29, 1.82) is 0 Å². The monoisotopic (exact) mass is 355 g/mol. The van der Waals surface area contributed by atoms with Gasteiger partial charge in [0.05, 0.1) is 6.61 Å². The van der Waals surface area contributed by atoms with E-state index in [2.05, 4.69) is 5.32 Å². The zero-order valence-corrected chi connectivity index (χ0v) is 13.5. The van der Waals surface area contributed by atoms with Crippen LogP contribution in [-0.2, 0) is 9.53 Å². The van der Waals surface area contributed by atoms with E-state index in [4.69, 9.17) is 9.84 Å². The summed E-state index contributed by atoms with van der Waals surface area (Å²) >= 11 is 0. The Hall–Kier alpha value is -2.04. The van der Waals surface area contributed by atoms with E-state index in [0.29, 0.717) is 0 Å². The Labute approximate surface area is 143 Å². The fraction of sp³-hybridized carbons (Fsp3) is 0.500. The number of nitrogens with one attached hydrogen (secondary N) is 1. The maximum Gasteiger partial charge on any atom is 0.217 e. The lowest BCUT2D eigenvalue weighted by atomic mass is 9.78. The number of benzene rings is 1. The summed E-state index contributed by atoms with van der Waals surface area (Å²) in [5.74, 6) is -1.27. The van der Waals surface area contributed by atoms with Crippen LogP contribution in [-0.4, -0.2) is 74.0 Å². The van der Waals surface area contributed by atoms with Crippen LogP contribution in [0.25, 0.3) is 0 Å². The molecule has 1 amide bonds. The number of ether oxygens (including phenoxy) is 1. The molecule has 1 aliphatic heterocycles. The molecule has 0 saturated carbocycles. The molecule has 138 valence electrons. The molecular formula is C16H21NO8. The molecular weight excluding hydrogens is 334 g/mol. The van der Waals surface area contributed by atoms with Crippen molar-refractivity contribution in [1.82, 2.24) is 5.32 Å². The highest BCUT2D eigenvalue weighted by Crippen LogP contribution is 2.33. The molecule has 25 heavy (non-hydrogen) atoms. The van der Waals surface area contributed by atoms with E-state index in [0.717, 1.165) is 6.92 Å². The van der Waals surface area contributed by atoms with Crippen LogP contribution in [0.5, 0.6) is 5.75 Å². The third-order valence-electron chi connectivity index (χ3n) is 4.21. The zero-order chi connectivity index (χ0) is 18.8. The number of hydrogen-bond acceptors (Lipinski definition) is 8. The predicted molar refractivity (Wildman–Crippen MR) is 83.6 cm³/mol. The molecule has 1 fully saturated rings. The predicted octanol–water partition coefficient (Wildman–Crippen LogP) is -1.73. The molecule has 0 radical (unpaired) electrons. The third kappa shape index (κ3) is 3.80. The molecule has 2 rings (SSSR count). The van der Waals surface area contributed by atoms with Gasteiger partial charge in [0.1, 0.15) is 29.6 Å². The van der Waals surface area contributed by atoms with Gasteiger partial charge < -0.3 is 35.6 Å². The minimum Gasteiger partial charge on any atom is -0.508 e. The smallest absolute Gasteiger partial charge is 0.217 e. The molecule has 1 aliphatic rings. The van der Waals surface area contributed by atoms with Gasteiger partial charge in [-0.25, -0.2) is 0 Å². The Balaban J connectivity index is 2.35. The number of phenolic OH excluding ortho intramolecular Hbond substituents is 1. The number of aliphatic hydroxyl groups excluding tert-OH is 4. The molecule has 1 aromatic carbocycles. The minimum absolute atomic E-state index is 0.0459. The molecule has 5 atom stereocenters. The van der Waals surface area contributed by atoms with E-state index in [-0.39, 0.29) is 11.3 Å². The SMILES string of the molecule is CC(=O)N[C@@]1(CC(=O)c2ccc(O)cc2)[C@H](O)O[C@H](CO)[C@@H](O)[C@@H]1O. The van der Waals surface area contributed by atoms with Crippen LogP contribution in [0.2, 0.25) is 0 Å². The van der Waals surface area contributed by atoms with Crippen molar-refractivity contribution in [3.05, 3.63) is 29.8 Å². The van der Waals surface area contributed by atoms with Crippen LogP contribution in [0, 0.1) is 0 Å². The van der Waals surface area contributed by atoms with Crippen LogP contribution in [0.15, 0.2) is 24.3 Å². The normalized spacial score (nSPS) is 32.2. The third-order valence-corrected chi connectivity index (χ3v) is 4.21. The standard InChI is InChI=1S/C16H21NO8/c1-8(19)17-16(6-11(21)9-2-4-10(20)5-3-9)14(23)13(22)12(7-18)25-15(16)24/h2-5,12-15,18,20,22-24H,6-7H2,1H3,(H,17,19)/t12-,13-,14+,15-,16-/m1/s1. The van der Waals surface area contributed by atoms with Crippen LogP contribution in [0.1, 0.15) is 23.7 Å². The summed E-state index contributed by atoms with van der Waals surface area (Å²) in [6.07, 6.45) is -7.08. The zero-order valence-electron chi connectivity index (χ0n) is 13.5. The highest BCUT2D eigenvalue weighted by atomic mass is 16.6. The van der Waals surface area contributed by atoms with E-state index < -0.39 is 54.9 Å². The highest BCUT2D eigenvalue weighted by Gasteiger charge is 2.56. The molecule has 1 aromatic rings. The second-order valence-electron chi connectivity index (χ2n) is 6.01. The van der Waals surface area contributed by atoms with Crippen molar-refractivity contribution in [3.8, 4) is 5.75 Å². The average Bonchev–Trinajstić information content (AvgIpc) is 2.56. The summed E-state index contributed by atoms with van der Waals surface area (Å²) in [6, 6.07) is 5.27. The number of amides is 1. The fourth-order valence-electron chi connectivity index (χ4n) is 2.89. The summed E-state index contributed by atoms with van der Waals surface area (Å²) in [5, 5.41) is 51.5. The van der Waals surface area contributed by atoms with Crippen molar-refractivity contribution in [2.75, 3.05) is 6.61 Å². The summed E-state index contributed by atoms with van der Waals surface area (Å²) < 4.78 is 5.08. The van der Waals surface area contributed by atoms with Crippen molar-refractivity contribution in [2.24, 2.45) is 0 Å². The van der Waals surface area contributed by atoms with E-state index in [9.17, 15) is 30.0 Å². The number of phenols is 1. The van der Waals surface area contributed by atoms with E-state index in [1.165, 1.54) is 24.3 Å². The number of rotatable bonds is 5. The first kappa shape index (κ1) is 19.3. The minimum atomic E-state index is -1.99. The second-order valence-corrected chi connectivity index (χ2v) is 6.01. The first-order valence-electron chi connectivity index (χ1n) is 7.62. The van der Waals surface area contributed by atoms with Crippen LogP contribution < -0.4 is 5.32 Å². The Bertz CT molecular complexity index is 634. The van der Waals surface area contributed by atoms with Gasteiger partial charge in [-0.3, -0.25) is 9.59 Å². The van der Waals surface area contributed by atoms with Crippen molar-refractivity contribution in [3.63, 3.8) is 0 Å². The van der Waals surface area contributed by atoms with Crippen LogP contribution >= 0.6 is 0 Å². The molecule has 0 spiro atoms. The summed E-state index contributed by atoms with van der Waals surface area (Å²) in [7, 11) is 0.